The standard InChI is InChI=1S/C14H20N2O/c1-2-3-9-16(13-7-5-4-6-8-13)14(17)12-10-15-11-12/h4-8,12,15H,2-3,9-11H2,1H3. The molecule has 0 unspecified atom stereocenters. The lowest BCUT2D eigenvalue weighted by Crippen LogP contribution is -2.52. The molecule has 1 fully saturated rings. The lowest BCUT2D eigenvalue weighted by molar-refractivity contribution is -0.123. The Bertz CT molecular complexity index is 360. The summed E-state index contributed by atoms with van der Waals surface area (Å²) in [5.74, 6) is 0.440. The molecule has 1 aromatic carbocycles. The van der Waals surface area contributed by atoms with E-state index >= 15 is 0 Å². The molecule has 1 aliphatic rings. The lowest BCUT2D eigenvalue weighted by Gasteiger charge is -2.32. The van der Waals surface area contributed by atoms with E-state index in [4.69, 9.17) is 0 Å². The number of rotatable bonds is 5. The molecule has 1 aromatic rings. The molecule has 1 heterocycles. The molecule has 1 amide bonds. The van der Waals surface area contributed by atoms with Crippen molar-refractivity contribution in [1.82, 2.24) is 5.32 Å². The van der Waals surface area contributed by atoms with E-state index in [1.807, 2.05) is 35.2 Å². The van der Waals surface area contributed by atoms with Gasteiger partial charge in [-0.2, -0.15) is 0 Å². The third-order valence-corrected chi connectivity index (χ3v) is 3.20. The zero-order valence-electron chi connectivity index (χ0n) is 10.4. The van der Waals surface area contributed by atoms with Crippen LogP contribution in [0.1, 0.15) is 19.8 Å². The average molecular weight is 232 g/mol. The molecule has 0 spiro atoms. The van der Waals surface area contributed by atoms with Crippen molar-refractivity contribution < 1.29 is 4.79 Å². The second-order valence-corrected chi connectivity index (χ2v) is 4.53. The molecule has 1 saturated heterocycles. The van der Waals surface area contributed by atoms with Crippen molar-refractivity contribution in [2.75, 3.05) is 24.5 Å². The summed E-state index contributed by atoms with van der Waals surface area (Å²) in [5.41, 5.74) is 1.03. The Hall–Kier alpha value is -1.35. The van der Waals surface area contributed by atoms with Gasteiger partial charge in [-0.3, -0.25) is 4.79 Å². The molecule has 1 N–H and O–H groups in total. The summed E-state index contributed by atoms with van der Waals surface area (Å²) in [4.78, 5) is 14.3. The van der Waals surface area contributed by atoms with Crippen molar-refractivity contribution in [2.24, 2.45) is 5.92 Å². The predicted molar refractivity (Wildman–Crippen MR) is 70.1 cm³/mol. The Balaban J connectivity index is 2.09. The quantitative estimate of drug-likeness (QED) is 0.842. The minimum atomic E-state index is 0.173. The molecule has 92 valence electrons. The summed E-state index contributed by atoms with van der Waals surface area (Å²) in [6.45, 7) is 4.64. The minimum absolute atomic E-state index is 0.173. The van der Waals surface area contributed by atoms with Crippen LogP contribution in [-0.4, -0.2) is 25.5 Å². The highest BCUT2D eigenvalue weighted by molar-refractivity contribution is 5.95. The van der Waals surface area contributed by atoms with Crippen LogP contribution in [0.25, 0.3) is 0 Å². The fraction of sp³-hybridized carbons (Fsp3) is 0.500. The largest absolute Gasteiger partial charge is 0.315 e. The zero-order valence-corrected chi connectivity index (χ0v) is 10.4. The SMILES string of the molecule is CCCCN(C(=O)C1CNC1)c1ccccc1. The molecule has 0 saturated carbocycles. The van der Waals surface area contributed by atoms with Crippen molar-refractivity contribution in [2.45, 2.75) is 19.8 Å². The number of anilines is 1. The van der Waals surface area contributed by atoms with Crippen LogP contribution in [0.5, 0.6) is 0 Å². The molecule has 17 heavy (non-hydrogen) atoms. The Kier molecular flexibility index (Phi) is 4.15. The highest BCUT2D eigenvalue weighted by atomic mass is 16.2. The van der Waals surface area contributed by atoms with Crippen molar-refractivity contribution in [3.8, 4) is 0 Å². The van der Waals surface area contributed by atoms with Crippen LogP contribution in [0.2, 0.25) is 0 Å². The summed E-state index contributed by atoms with van der Waals surface area (Å²) in [5, 5.41) is 3.16. The van der Waals surface area contributed by atoms with Crippen molar-refractivity contribution in [3.05, 3.63) is 30.3 Å². The number of nitrogens with one attached hydrogen (secondary N) is 1. The minimum Gasteiger partial charge on any atom is -0.315 e. The van der Waals surface area contributed by atoms with E-state index in [1.54, 1.807) is 0 Å². The number of hydrogen-bond donors (Lipinski definition) is 1. The molecule has 0 aromatic heterocycles. The third kappa shape index (κ3) is 2.86. The summed E-state index contributed by atoms with van der Waals surface area (Å²) in [6.07, 6.45) is 2.17. The normalized spacial score (nSPS) is 15.4. The van der Waals surface area contributed by atoms with E-state index < -0.39 is 0 Å². The van der Waals surface area contributed by atoms with Crippen LogP contribution in [0, 0.1) is 5.92 Å². The van der Waals surface area contributed by atoms with Gasteiger partial charge in [0.25, 0.3) is 0 Å². The van der Waals surface area contributed by atoms with Gasteiger partial charge in [0.05, 0.1) is 5.92 Å². The van der Waals surface area contributed by atoms with Crippen LogP contribution in [0.4, 0.5) is 5.69 Å². The molecule has 0 aliphatic carbocycles. The molecule has 3 heteroatoms. The number of carbonyl (C=O) groups excluding carboxylic acids is 1. The number of amides is 1. The van der Waals surface area contributed by atoms with Gasteiger partial charge in [-0.1, -0.05) is 31.5 Å². The fourth-order valence-corrected chi connectivity index (χ4v) is 1.97. The van der Waals surface area contributed by atoms with Gasteiger partial charge in [-0.25, -0.2) is 0 Å². The van der Waals surface area contributed by atoms with E-state index in [0.717, 1.165) is 38.2 Å². The number of nitrogens with zero attached hydrogens (tertiary/aromatic N) is 1. The van der Waals surface area contributed by atoms with Gasteiger partial charge in [-0.15, -0.1) is 0 Å². The molecule has 0 atom stereocenters. The van der Waals surface area contributed by atoms with Gasteiger partial charge in [0.1, 0.15) is 0 Å². The van der Waals surface area contributed by atoms with E-state index in [2.05, 4.69) is 12.2 Å². The van der Waals surface area contributed by atoms with Gasteiger partial charge >= 0.3 is 0 Å². The Morgan fingerprint density at radius 1 is 1.35 bits per heavy atom. The second-order valence-electron chi connectivity index (χ2n) is 4.53. The van der Waals surface area contributed by atoms with Crippen LogP contribution in [-0.2, 0) is 4.79 Å². The molecule has 1 aliphatic heterocycles. The highest BCUT2D eigenvalue weighted by Gasteiger charge is 2.29. The Labute approximate surface area is 103 Å². The summed E-state index contributed by atoms with van der Waals surface area (Å²) in [6, 6.07) is 9.98. The number of hydrogen-bond acceptors (Lipinski definition) is 2. The Morgan fingerprint density at radius 3 is 2.59 bits per heavy atom. The summed E-state index contributed by atoms with van der Waals surface area (Å²) >= 11 is 0. The topological polar surface area (TPSA) is 32.3 Å². The van der Waals surface area contributed by atoms with Gasteiger partial charge in [0.15, 0.2) is 0 Å². The first-order chi connectivity index (χ1) is 8.33. The lowest BCUT2D eigenvalue weighted by atomic mass is 10.0. The van der Waals surface area contributed by atoms with Gasteiger partial charge in [0.2, 0.25) is 5.91 Å². The Morgan fingerprint density at radius 2 is 2.06 bits per heavy atom. The molecule has 2 rings (SSSR count). The van der Waals surface area contributed by atoms with Crippen LogP contribution in [0.15, 0.2) is 30.3 Å². The smallest absolute Gasteiger partial charge is 0.232 e. The monoisotopic (exact) mass is 232 g/mol. The van der Waals surface area contributed by atoms with E-state index in [9.17, 15) is 4.79 Å². The van der Waals surface area contributed by atoms with E-state index in [1.165, 1.54) is 0 Å². The third-order valence-electron chi connectivity index (χ3n) is 3.20. The molecular formula is C14H20N2O. The molecular weight excluding hydrogens is 212 g/mol. The van der Waals surface area contributed by atoms with Crippen LogP contribution < -0.4 is 10.2 Å². The maximum absolute atomic E-state index is 12.3. The first kappa shape index (κ1) is 12.1. The number of benzene rings is 1. The molecule has 3 nitrogen and oxygen atoms in total. The first-order valence-electron chi connectivity index (χ1n) is 6.40. The maximum atomic E-state index is 12.3. The maximum Gasteiger partial charge on any atom is 0.232 e. The predicted octanol–water partition coefficient (Wildman–Crippen LogP) is 2.04. The van der Waals surface area contributed by atoms with Gasteiger partial charge < -0.3 is 10.2 Å². The van der Waals surface area contributed by atoms with Crippen LogP contribution >= 0.6 is 0 Å². The number of carbonyl (C=O) groups is 1. The van der Waals surface area contributed by atoms with Gasteiger partial charge in [-0.05, 0) is 18.6 Å². The molecule has 0 radical (unpaired) electrons. The molecule has 0 bridgehead atoms. The van der Waals surface area contributed by atoms with E-state index in [0.29, 0.717) is 0 Å². The highest BCUT2D eigenvalue weighted by Crippen LogP contribution is 2.18. The fourth-order valence-electron chi connectivity index (χ4n) is 1.97. The average Bonchev–Trinajstić information content (AvgIpc) is 2.29. The van der Waals surface area contributed by atoms with Crippen molar-refractivity contribution in [3.63, 3.8) is 0 Å². The van der Waals surface area contributed by atoms with Crippen molar-refractivity contribution in [1.29, 1.82) is 0 Å². The number of para-hydroxylation sites is 1. The van der Waals surface area contributed by atoms with Crippen LogP contribution in [0.3, 0.4) is 0 Å². The van der Waals surface area contributed by atoms with E-state index in [-0.39, 0.29) is 11.8 Å². The summed E-state index contributed by atoms with van der Waals surface area (Å²) in [7, 11) is 0. The van der Waals surface area contributed by atoms with Gasteiger partial charge in [0, 0.05) is 25.3 Å². The zero-order chi connectivity index (χ0) is 12.1. The first-order valence-corrected chi connectivity index (χ1v) is 6.40. The van der Waals surface area contributed by atoms with Crippen molar-refractivity contribution >= 4 is 11.6 Å². The second kappa shape index (κ2) is 5.82. The summed E-state index contributed by atoms with van der Waals surface area (Å²) < 4.78 is 0. The number of unbranched alkanes of at least 4 members (excludes halogenated alkanes) is 1.